The summed E-state index contributed by atoms with van der Waals surface area (Å²) in [6.45, 7) is 0. The summed E-state index contributed by atoms with van der Waals surface area (Å²) in [5, 5.41) is 3.36. The van der Waals surface area contributed by atoms with Gasteiger partial charge in [0, 0.05) is 10.6 Å². The lowest BCUT2D eigenvalue weighted by atomic mass is 10.1. The number of hydrogen-bond donors (Lipinski definition) is 1. The smallest absolute Gasteiger partial charge is 0.258 e. The van der Waals surface area contributed by atoms with Gasteiger partial charge < -0.3 is 10.1 Å². The second-order valence-corrected chi connectivity index (χ2v) is 4.40. The highest BCUT2D eigenvalue weighted by Crippen LogP contribution is 2.31. The van der Waals surface area contributed by atoms with E-state index in [1.165, 1.54) is 0 Å². The minimum atomic E-state index is -0.541. The van der Waals surface area contributed by atoms with Gasteiger partial charge in [-0.2, -0.15) is 0 Å². The number of ether oxygens (including phenoxy) is 1. The van der Waals surface area contributed by atoms with Crippen LogP contribution in [0.25, 0.3) is 0 Å². The van der Waals surface area contributed by atoms with Crippen LogP contribution < -0.4 is 10.1 Å². The molecule has 1 N–H and O–H groups in total. The Hall–Kier alpha value is -2.00. The van der Waals surface area contributed by atoms with Gasteiger partial charge in [0.25, 0.3) is 5.91 Å². The van der Waals surface area contributed by atoms with Crippen molar-refractivity contribution >= 4 is 17.5 Å². The molecule has 3 rings (SSSR count). The molecule has 0 saturated carbocycles. The lowest BCUT2D eigenvalue weighted by Gasteiger charge is -2.27. The van der Waals surface area contributed by atoms with E-state index in [1.807, 2.05) is 24.3 Å². The predicted octanol–water partition coefficient (Wildman–Crippen LogP) is 3.16. The zero-order valence-corrected chi connectivity index (χ0v) is 10.1. The van der Waals surface area contributed by atoms with Crippen molar-refractivity contribution in [1.29, 1.82) is 0 Å². The normalized spacial score (nSPS) is 17.6. The predicted molar refractivity (Wildman–Crippen MR) is 68.7 cm³/mol. The van der Waals surface area contributed by atoms with E-state index >= 15 is 0 Å². The van der Waals surface area contributed by atoms with Crippen molar-refractivity contribution in [1.82, 2.24) is 5.32 Å². The molecule has 0 radical (unpaired) electrons. The molecule has 0 saturated heterocycles. The second-order valence-electron chi connectivity index (χ2n) is 3.99. The molecule has 2 aromatic rings. The van der Waals surface area contributed by atoms with E-state index in [0.29, 0.717) is 16.3 Å². The van der Waals surface area contributed by atoms with E-state index in [4.69, 9.17) is 16.3 Å². The Morgan fingerprint density at radius 3 is 2.61 bits per heavy atom. The number of fused-ring (bicyclic) bond motifs is 1. The molecule has 0 fully saturated rings. The zero-order chi connectivity index (χ0) is 12.5. The van der Waals surface area contributed by atoms with Crippen LogP contribution in [0, 0.1) is 0 Å². The van der Waals surface area contributed by atoms with Gasteiger partial charge >= 0.3 is 0 Å². The highest BCUT2D eigenvalue weighted by Gasteiger charge is 2.27. The van der Waals surface area contributed by atoms with E-state index < -0.39 is 6.23 Å². The van der Waals surface area contributed by atoms with E-state index in [2.05, 4.69) is 5.32 Å². The largest absolute Gasteiger partial charge is 0.466 e. The van der Waals surface area contributed by atoms with Crippen molar-refractivity contribution in [3.8, 4) is 5.75 Å². The highest BCUT2D eigenvalue weighted by molar-refractivity contribution is 6.31. The maximum Gasteiger partial charge on any atom is 0.258 e. The summed E-state index contributed by atoms with van der Waals surface area (Å²) in [6, 6.07) is 14.4. The van der Waals surface area contributed by atoms with Gasteiger partial charge in [-0.25, -0.2) is 0 Å². The van der Waals surface area contributed by atoms with Gasteiger partial charge in [0.1, 0.15) is 5.75 Å². The lowest BCUT2D eigenvalue weighted by molar-refractivity contribution is 0.0756. The van der Waals surface area contributed by atoms with E-state index in [1.54, 1.807) is 24.3 Å². The Morgan fingerprint density at radius 2 is 1.78 bits per heavy atom. The first-order valence-corrected chi connectivity index (χ1v) is 5.94. The van der Waals surface area contributed by atoms with Crippen LogP contribution in [0.3, 0.4) is 0 Å². The lowest BCUT2D eigenvalue weighted by Crippen LogP contribution is -2.36. The third-order valence-electron chi connectivity index (χ3n) is 2.83. The molecule has 0 unspecified atom stereocenters. The van der Waals surface area contributed by atoms with Gasteiger partial charge in [-0.1, -0.05) is 41.9 Å². The molecule has 4 heteroatoms. The Bertz CT molecular complexity index is 612. The van der Waals surface area contributed by atoms with Gasteiger partial charge in [-0.3, -0.25) is 4.79 Å². The van der Waals surface area contributed by atoms with Gasteiger partial charge in [0.15, 0.2) is 6.23 Å². The molecule has 0 bridgehead atoms. The van der Waals surface area contributed by atoms with Crippen LogP contribution in [0.5, 0.6) is 5.75 Å². The average Bonchev–Trinajstić information content (AvgIpc) is 2.39. The molecule has 3 nitrogen and oxygen atoms in total. The third kappa shape index (κ3) is 1.83. The van der Waals surface area contributed by atoms with Crippen LogP contribution in [0.4, 0.5) is 0 Å². The molecule has 0 spiro atoms. The number of hydrogen-bond acceptors (Lipinski definition) is 2. The number of amides is 1. The standard InChI is InChI=1S/C14H10ClNO2/c15-11-7-3-1-5-9(11)14-16-13(17)10-6-2-4-8-12(10)18-14/h1-8,14H,(H,16,17)/t14-/m1/s1. The first-order valence-electron chi connectivity index (χ1n) is 5.56. The van der Waals surface area contributed by atoms with Crippen LogP contribution in [0.2, 0.25) is 5.02 Å². The Labute approximate surface area is 109 Å². The van der Waals surface area contributed by atoms with E-state index in [-0.39, 0.29) is 5.91 Å². The first-order chi connectivity index (χ1) is 8.75. The van der Waals surface area contributed by atoms with Crippen molar-refractivity contribution in [2.45, 2.75) is 6.23 Å². The van der Waals surface area contributed by atoms with Crippen molar-refractivity contribution in [3.05, 3.63) is 64.7 Å². The minimum Gasteiger partial charge on any atom is -0.466 e. The SMILES string of the molecule is O=C1N[C@@H](c2ccccc2Cl)Oc2ccccc21. The summed E-state index contributed by atoms with van der Waals surface area (Å²) < 4.78 is 5.75. The second kappa shape index (κ2) is 4.35. The number of rotatable bonds is 1. The van der Waals surface area contributed by atoms with Gasteiger partial charge in [0.05, 0.1) is 5.56 Å². The van der Waals surface area contributed by atoms with Crippen molar-refractivity contribution in [3.63, 3.8) is 0 Å². The monoisotopic (exact) mass is 259 g/mol. The number of carbonyl (C=O) groups is 1. The van der Waals surface area contributed by atoms with Crippen LogP contribution in [0.1, 0.15) is 22.1 Å². The first kappa shape index (κ1) is 11.1. The summed E-state index contributed by atoms with van der Waals surface area (Å²) in [7, 11) is 0. The maximum atomic E-state index is 11.9. The van der Waals surface area contributed by atoms with Crippen molar-refractivity contribution in [2.24, 2.45) is 0 Å². The molecule has 0 aliphatic carbocycles. The maximum absolute atomic E-state index is 11.9. The summed E-state index contributed by atoms with van der Waals surface area (Å²) >= 11 is 6.10. The van der Waals surface area contributed by atoms with Gasteiger partial charge in [-0.15, -0.1) is 0 Å². The molecular weight excluding hydrogens is 250 g/mol. The van der Waals surface area contributed by atoms with Crippen molar-refractivity contribution in [2.75, 3.05) is 0 Å². The number of benzene rings is 2. The Balaban J connectivity index is 2.00. The molecule has 0 aromatic heterocycles. The van der Waals surface area contributed by atoms with E-state index in [9.17, 15) is 4.79 Å². The van der Waals surface area contributed by atoms with Gasteiger partial charge in [-0.05, 0) is 18.2 Å². The number of para-hydroxylation sites is 1. The summed E-state index contributed by atoms with van der Waals surface area (Å²) in [4.78, 5) is 11.9. The molecule has 2 aromatic carbocycles. The fraction of sp³-hybridized carbons (Fsp3) is 0.0714. The summed E-state index contributed by atoms with van der Waals surface area (Å²) in [5.74, 6) is 0.424. The molecule has 1 aliphatic heterocycles. The molecular formula is C14H10ClNO2. The molecule has 1 aliphatic rings. The zero-order valence-electron chi connectivity index (χ0n) is 9.39. The summed E-state index contributed by atoms with van der Waals surface area (Å²) in [6.07, 6.45) is -0.541. The topological polar surface area (TPSA) is 38.3 Å². The highest BCUT2D eigenvalue weighted by atomic mass is 35.5. The van der Waals surface area contributed by atoms with Crippen LogP contribution in [-0.2, 0) is 0 Å². The summed E-state index contributed by atoms with van der Waals surface area (Å²) in [5.41, 5.74) is 1.29. The van der Waals surface area contributed by atoms with Crippen LogP contribution in [-0.4, -0.2) is 5.91 Å². The Kier molecular flexibility index (Phi) is 2.68. The third-order valence-corrected chi connectivity index (χ3v) is 3.17. The quantitative estimate of drug-likeness (QED) is 0.854. The molecule has 1 heterocycles. The van der Waals surface area contributed by atoms with E-state index in [0.717, 1.165) is 5.56 Å². The molecule has 90 valence electrons. The minimum absolute atomic E-state index is 0.151. The molecule has 1 amide bonds. The fourth-order valence-electron chi connectivity index (χ4n) is 1.94. The van der Waals surface area contributed by atoms with Crippen LogP contribution >= 0.6 is 11.6 Å². The average molecular weight is 260 g/mol. The van der Waals surface area contributed by atoms with Crippen LogP contribution in [0.15, 0.2) is 48.5 Å². The van der Waals surface area contributed by atoms with Crippen molar-refractivity contribution < 1.29 is 9.53 Å². The number of carbonyl (C=O) groups excluding carboxylic acids is 1. The number of nitrogens with one attached hydrogen (secondary N) is 1. The molecule has 18 heavy (non-hydrogen) atoms. The molecule has 1 atom stereocenters. The Morgan fingerprint density at radius 1 is 1.06 bits per heavy atom. The number of halogens is 1. The van der Waals surface area contributed by atoms with Gasteiger partial charge in [0.2, 0.25) is 0 Å². The fourth-order valence-corrected chi connectivity index (χ4v) is 2.17.